The minimum Gasteiger partial charge on any atom is -0.244 e. The van der Waals surface area contributed by atoms with Crippen molar-refractivity contribution in [1.29, 1.82) is 0 Å². The third-order valence-corrected chi connectivity index (χ3v) is 3.54. The average Bonchev–Trinajstić information content (AvgIpc) is 2.93. The summed E-state index contributed by atoms with van der Waals surface area (Å²) in [7, 11) is 0. The van der Waals surface area contributed by atoms with E-state index >= 15 is 0 Å². The van der Waals surface area contributed by atoms with Crippen molar-refractivity contribution in [2.24, 2.45) is 0 Å². The highest BCUT2D eigenvalue weighted by Crippen LogP contribution is 2.27. The van der Waals surface area contributed by atoms with Crippen LogP contribution in [0.5, 0.6) is 0 Å². The molecule has 1 aromatic heterocycles. The summed E-state index contributed by atoms with van der Waals surface area (Å²) >= 11 is 0. The topological polar surface area (TPSA) is 30.7 Å². The zero-order valence-corrected chi connectivity index (χ0v) is 12.4. The first kappa shape index (κ1) is 13.6. The van der Waals surface area contributed by atoms with Crippen LogP contribution in [0, 0.1) is 0 Å². The minimum absolute atomic E-state index is 0.374. The molecule has 0 unspecified atom stereocenters. The Morgan fingerprint density at radius 1 is 0.905 bits per heavy atom. The Labute approximate surface area is 125 Å². The summed E-state index contributed by atoms with van der Waals surface area (Å²) in [4.78, 5) is 0. The van der Waals surface area contributed by atoms with Gasteiger partial charge in [0, 0.05) is 5.56 Å². The number of hydrogen-bond acceptors (Lipinski definition) is 2. The lowest BCUT2D eigenvalue weighted by Gasteiger charge is -2.11. The third-order valence-electron chi connectivity index (χ3n) is 3.54. The van der Waals surface area contributed by atoms with Crippen molar-refractivity contribution in [1.82, 2.24) is 15.0 Å². The molecule has 0 atom stereocenters. The Morgan fingerprint density at radius 3 is 2.14 bits per heavy atom. The summed E-state index contributed by atoms with van der Waals surface area (Å²) in [5.74, 6) is 0.374. The second-order valence-corrected chi connectivity index (χ2v) is 5.49. The average molecular weight is 277 g/mol. The molecule has 0 aliphatic heterocycles. The van der Waals surface area contributed by atoms with Gasteiger partial charge in [0.1, 0.15) is 5.69 Å². The maximum absolute atomic E-state index is 4.42. The van der Waals surface area contributed by atoms with Crippen LogP contribution >= 0.6 is 0 Å². The molecule has 2 aromatic carbocycles. The Balaban J connectivity index is 2.01. The van der Waals surface area contributed by atoms with Crippen LogP contribution in [0.3, 0.4) is 0 Å². The maximum Gasteiger partial charge on any atom is 0.116 e. The van der Waals surface area contributed by atoms with Crippen molar-refractivity contribution in [3.05, 3.63) is 71.9 Å². The largest absolute Gasteiger partial charge is 0.244 e. The highest BCUT2D eigenvalue weighted by Gasteiger charge is 2.17. The van der Waals surface area contributed by atoms with E-state index in [2.05, 4.69) is 60.6 Å². The van der Waals surface area contributed by atoms with E-state index < -0.39 is 0 Å². The molecule has 0 spiro atoms. The van der Waals surface area contributed by atoms with Gasteiger partial charge < -0.3 is 0 Å². The monoisotopic (exact) mass is 277 g/mol. The standard InChI is InChI=1S/C18H19N3/c1-14(2)18-17(16-11-7-4-8-12-16)19-20-21(18)13-15-9-5-3-6-10-15/h3-12,14H,13H2,1-2H3. The van der Waals surface area contributed by atoms with Crippen LogP contribution in [-0.2, 0) is 6.54 Å². The zero-order chi connectivity index (χ0) is 14.7. The number of benzene rings is 2. The first-order valence-corrected chi connectivity index (χ1v) is 7.28. The van der Waals surface area contributed by atoms with Gasteiger partial charge in [-0.25, -0.2) is 4.68 Å². The van der Waals surface area contributed by atoms with Crippen LogP contribution in [0.4, 0.5) is 0 Å². The molecule has 0 aliphatic rings. The molecule has 0 saturated carbocycles. The molecule has 3 heteroatoms. The van der Waals surface area contributed by atoms with Gasteiger partial charge in [0.15, 0.2) is 0 Å². The maximum atomic E-state index is 4.42. The predicted molar refractivity (Wildman–Crippen MR) is 85.1 cm³/mol. The SMILES string of the molecule is CC(C)c1c(-c2ccccc2)nnn1Cc1ccccc1. The first-order chi connectivity index (χ1) is 10.3. The number of nitrogens with zero attached hydrogens (tertiary/aromatic N) is 3. The minimum atomic E-state index is 0.374. The molecule has 0 radical (unpaired) electrons. The fourth-order valence-electron chi connectivity index (χ4n) is 2.57. The molecule has 0 fully saturated rings. The molecule has 0 bridgehead atoms. The quantitative estimate of drug-likeness (QED) is 0.718. The predicted octanol–water partition coefficient (Wildman–Crippen LogP) is 4.12. The van der Waals surface area contributed by atoms with Crippen LogP contribution in [-0.4, -0.2) is 15.0 Å². The van der Waals surface area contributed by atoms with Crippen LogP contribution in [0.15, 0.2) is 60.7 Å². The van der Waals surface area contributed by atoms with Gasteiger partial charge in [-0.15, -0.1) is 5.10 Å². The first-order valence-electron chi connectivity index (χ1n) is 7.28. The summed E-state index contributed by atoms with van der Waals surface area (Å²) in [5.41, 5.74) is 4.54. The Bertz CT molecular complexity index is 700. The van der Waals surface area contributed by atoms with Crippen molar-refractivity contribution >= 4 is 0 Å². The molecule has 21 heavy (non-hydrogen) atoms. The lowest BCUT2D eigenvalue weighted by Crippen LogP contribution is -2.08. The van der Waals surface area contributed by atoms with E-state index in [1.54, 1.807) is 0 Å². The van der Waals surface area contributed by atoms with Crippen molar-refractivity contribution < 1.29 is 0 Å². The van der Waals surface area contributed by atoms with Crippen LogP contribution < -0.4 is 0 Å². The van der Waals surface area contributed by atoms with Crippen LogP contribution in [0.25, 0.3) is 11.3 Å². The van der Waals surface area contributed by atoms with E-state index in [-0.39, 0.29) is 0 Å². The van der Waals surface area contributed by atoms with Gasteiger partial charge in [0.25, 0.3) is 0 Å². The van der Waals surface area contributed by atoms with Crippen molar-refractivity contribution in [3.63, 3.8) is 0 Å². The lowest BCUT2D eigenvalue weighted by atomic mass is 10.0. The van der Waals surface area contributed by atoms with Crippen molar-refractivity contribution in [2.45, 2.75) is 26.3 Å². The summed E-state index contributed by atoms with van der Waals surface area (Å²) in [6, 6.07) is 20.6. The second-order valence-electron chi connectivity index (χ2n) is 5.49. The molecule has 0 saturated heterocycles. The molecular formula is C18H19N3. The normalized spacial score (nSPS) is 11.0. The molecule has 1 heterocycles. The zero-order valence-electron chi connectivity index (χ0n) is 12.4. The van der Waals surface area contributed by atoms with Crippen molar-refractivity contribution in [3.8, 4) is 11.3 Å². The summed E-state index contributed by atoms with van der Waals surface area (Å²) in [6.07, 6.45) is 0. The molecule has 3 nitrogen and oxygen atoms in total. The molecule has 106 valence electrons. The lowest BCUT2D eigenvalue weighted by molar-refractivity contribution is 0.598. The molecular weight excluding hydrogens is 258 g/mol. The van der Waals surface area contributed by atoms with E-state index in [0.29, 0.717) is 5.92 Å². The number of aromatic nitrogens is 3. The number of rotatable bonds is 4. The van der Waals surface area contributed by atoms with Gasteiger partial charge in [-0.2, -0.15) is 0 Å². The highest BCUT2D eigenvalue weighted by molar-refractivity contribution is 5.61. The highest BCUT2D eigenvalue weighted by atomic mass is 15.4. The van der Waals surface area contributed by atoms with E-state index in [1.165, 1.54) is 11.3 Å². The van der Waals surface area contributed by atoms with Gasteiger partial charge in [-0.1, -0.05) is 79.7 Å². The van der Waals surface area contributed by atoms with Gasteiger partial charge >= 0.3 is 0 Å². The van der Waals surface area contributed by atoms with E-state index in [0.717, 1.165) is 17.8 Å². The fourth-order valence-corrected chi connectivity index (χ4v) is 2.57. The van der Waals surface area contributed by atoms with E-state index in [1.807, 2.05) is 28.9 Å². The van der Waals surface area contributed by atoms with Crippen LogP contribution in [0.1, 0.15) is 31.0 Å². The van der Waals surface area contributed by atoms with Crippen LogP contribution in [0.2, 0.25) is 0 Å². The summed E-state index contributed by atoms with van der Waals surface area (Å²) in [6.45, 7) is 5.13. The molecule has 0 aliphatic carbocycles. The molecule has 3 aromatic rings. The Morgan fingerprint density at radius 2 is 1.52 bits per heavy atom. The second kappa shape index (κ2) is 5.92. The van der Waals surface area contributed by atoms with Gasteiger partial charge in [-0.05, 0) is 11.5 Å². The van der Waals surface area contributed by atoms with Gasteiger partial charge in [0.05, 0.1) is 12.2 Å². The van der Waals surface area contributed by atoms with E-state index in [9.17, 15) is 0 Å². The smallest absolute Gasteiger partial charge is 0.116 e. The van der Waals surface area contributed by atoms with E-state index in [4.69, 9.17) is 0 Å². The third kappa shape index (κ3) is 2.87. The number of hydrogen-bond donors (Lipinski definition) is 0. The van der Waals surface area contributed by atoms with Gasteiger partial charge in [0.2, 0.25) is 0 Å². The Hall–Kier alpha value is -2.42. The fraction of sp³-hybridized carbons (Fsp3) is 0.222. The summed E-state index contributed by atoms with van der Waals surface area (Å²) < 4.78 is 2.02. The molecule has 0 amide bonds. The summed E-state index contributed by atoms with van der Waals surface area (Å²) in [5, 5.41) is 8.79. The molecule has 0 N–H and O–H groups in total. The van der Waals surface area contributed by atoms with Crippen molar-refractivity contribution in [2.75, 3.05) is 0 Å². The Kier molecular flexibility index (Phi) is 3.82. The van der Waals surface area contributed by atoms with Gasteiger partial charge in [-0.3, -0.25) is 0 Å². The molecule has 3 rings (SSSR count).